The van der Waals surface area contributed by atoms with Crippen molar-refractivity contribution in [1.29, 1.82) is 0 Å². The number of rotatable bonds is 8. The molecule has 1 fully saturated rings. The number of benzene rings is 2. The molecule has 0 aromatic heterocycles. The zero-order valence-corrected chi connectivity index (χ0v) is 19.5. The summed E-state index contributed by atoms with van der Waals surface area (Å²) in [5, 5.41) is 11.4. The highest BCUT2D eigenvalue weighted by Gasteiger charge is 2.45. The molecule has 0 bridgehead atoms. The smallest absolute Gasteiger partial charge is 0.295 e. The maximum atomic E-state index is 13.0. The summed E-state index contributed by atoms with van der Waals surface area (Å²) in [5.74, 6) is -0.853. The van der Waals surface area contributed by atoms with Gasteiger partial charge in [-0.3, -0.25) is 9.59 Å². The lowest BCUT2D eigenvalue weighted by Crippen LogP contribution is -2.32. The standard InChI is InChI=1S/C25H28ClNO5/c1-5-32-20-11-10-18(14-19(20)26)23(28)21-22(17-8-6-16(7-9-17)15(2)3)27(12-13-31-4)25(30)24(21)29/h6-11,14-15,22,28H,5,12-13H2,1-4H3/t22-/m0/s1. The summed E-state index contributed by atoms with van der Waals surface area (Å²) in [6.07, 6.45) is 0. The monoisotopic (exact) mass is 457 g/mol. The lowest BCUT2D eigenvalue weighted by Gasteiger charge is -2.25. The third kappa shape index (κ3) is 4.66. The SMILES string of the molecule is CCOc1ccc(C(O)=C2C(=O)C(=O)N(CCOC)[C@H]2c2ccc(C(C)C)cc2)cc1Cl. The van der Waals surface area contributed by atoms with Gasteiger partial charge in [-0.25, -0.2) is 0 Å². The number of aliphatic hydroxyl groups excluding tert-OH is 1. The number of ketones is 1. The van der Waals surface area contributed by atoms with Gasteiger partial charge in [0.2, 0.25) is 0 Å². The van der Waals surface area contributed by atoms with Crippen LogP contribution in [-0.4, -0.2) is 48.6 Å². The fourth-order valence-corrected chi connectivity index (χ4v) is 4.02. The Kier molecular flexibility index (Phi) is 7.59. The molecule has 0 unspecified atom stereocenters. The molecule has 3 rings (SSSR count). The van der Waals surface area contributed by atoms with Crippen LogP contribution in [0.15, 0.2) is 48.0 Å². The maximum Gasteiger partial charge on any atom is 0.295 e. The van der Waals surface area contributed by atoms with Crippen LogP contribution < -0.4 is 4.74 Å². The third-order valence-corrected chi connectivity index (χ3v) is 5.80. The first-order valence-corrected chi connectivity index (χ1v) is 11.0. The highest BCUT2D eigenvalue weighted by Crippen LogP contribution is 2.40. The van der Waals surface area contributed by atoms with Gasteiger partial charge < -0.3 is 19.5 Å². The van der Waals surface area contributed by atoms with Gasteiger partial charge >= 0.3 is 0 Å². The van der Waals surface area contributed by atoms with Gasteiger partial charge in [0, 0.05) is 19.2 Å². The Morgan fingerprint density at radius 3 is 2.41 bits per heavy atom. The number of halogens is 1. The minimum Gasteiger partial charge on any atom is -0.507 e. The molecule has 1 heterocycles. The summed E-state index contributed by atoms with van der Waals surface area (Å²) in [4.78, 5) is 27.3. The van der Waals surface area contributed by atoms with Crippen molar-refractivity contribution in [2.24, 2.45) is 0 Å². The van der Waals surface area contributed by atoms with Crippen molar-refractivity contribution in [2.45, 2.75) is 32.7 Å². The zero-order valence-electron chi connectivity index (χ0n) is 18.7. The third-order valence-electron chi connectivity index (χ3n) is 5.50. The van der Waals surface area contributed by atoms with E-state index in [0.29, 0.717) is 28.9 Å². The van der Waals surface area contributed by atoms with Crippen molar-refractivity contribution in [2.75, 3.05) is 26.9 Å². The highest BCUT2D eigenvalue weighted by molar-refractivity contribution is 6.46. The molecule has 32 heavy (non-hydrogen) atoms. The van der Waals surface area contributed by atoms with E-state index in [2.05, 4.69) is 13.8 Å². The summed E-state index contributed by atoms with van der Waals surface area (Å²) in [5.41, 5.74) is 2.25. The van der Waals surface area contributed by atoms with Gasteiger partial charge in [-0.2, -0.15) is 0 Å². The van der Waals surface area contributed by atoms with E-state index in [1.165, 1.54) is 18.1 Å². The molecule has 1 aliphatic heterocycles. The van der Waals surface area contributed by atoms with Crippen LogP contribution in [0.2, 0.25) is 5.02 Å². The molecular weight excluding hydrogens is 430 g/mol. The molecule has 0 aliphatic carbocycles. The second-order valence-corrected chi connectivity index (χ2v) is 8.29. The average molecular weight is 458 g/mol. The quantitative estimate of drug-likeness (QED) is 0.345. The molecule has 1 aliphatic rings. The summed E-state index contributed by atoms with van der Waals surface area (Å²) in [7, 11) is 1.53. The van der Waals surface area contributed by atoms with E-state index in [9.17, 15) is 14.7 Å². The Labute approximate surface area is 193 Å². The molecule has 0 radical (unpaired) electrons. The minimum atomic E-state index is -0.735. The number of carbonyl (C=O) groups is 2. The van der Waals surface area contributed by atoms with Crippen molar-refractivity contribution in [3.63, 3.8) is 0 Å². The lowest BCUT2D eigenvalue weighted by atomic mass is 9.93. The van der Waals surface area contributed by atoms with Gasteiger partial charge in [0.1, 0.15) is 11.5 Å². The fraction of sp³-hybridized carbons (Fsp3) is 0.360. The number of carbonyl (C=O) groups excluding carboxylic acids is 2. The highest BCUT2D eigenvalue weighted by atomic mass is 35.5. The first kappa shape index (κ1) is 23.8. The van der Waals surface area contributed by atoms with Crippen molar-refractivity contribution >= 4 is 29.1 Å². The van der Waals surface area contributed by atoms with E-state index in [-0.39, 0.29) is 24.5 Å². The van der Waals surface area contributed by atoms with Crippen molar-refractivity contribution in [1.82, 2.24) is 4.90 Å². The number of amides is 1. The first-order valence-electron chi connectivity index (χ1n) is 10.6. The van der Waals surface area contributed by atoms with E-state index in [0.717, 1.165) is 11.1 Å². The van der Waals surface area contributed by atoms with Crippen molar-refractivity contribution < 1.29 is 24.2 Å². The van der Waals surface area contributed by atoms with Crippen LogP contribution in [0.5, 0.6) is 5.75 Å². The molecular formula is C25H28ClNO5. The molecule has 6 nitrogen and oxygen atoms in total. The number of ether oxygens (including phenoxy) is 2. The van der Waals surface area contributed by atoms with Gasteiger partial charge in [-0.15, -0.1) is 0 Å². The normalized spacial score (nSPS) is 17.9. The van der Waals surface area contributed by atoms with Gasteiger partial charge in [0.05, 0.1) is 29.9 Å². The molecule has 0 saturated carbocycles. The van der Waals surface area contributed by atoms with Crippen LogP contribution in [0.25, 0.3) is 5.76 Å². The number of hydrogen-bond donors (Lipinski definition) is 1. The lowest BCUT2D eigenvalue weighted by molar-refractivity contribution is -0.140. The summed E-state index contributed by atoms with van der Waals surface area (Å²) >= 11 is 6.28. The predicted octanol–water partition coefficient (Wildman–Crippen LogP) is 4.93. The molecule has 1 atom stereocenters. The van der Waals surface area contributed by atoms with E-state index in [4.69, 9.17) is 21.1 Å². The number of nitrogens with zero attached hydrogens (tertiary/aromatic N) is 1. The molecule has 1 amide bonds. The number of likely N-dealkylation sites (tertiary alicyclic amines) is 1. The Morgan fingerprint density at radius 2 is 1.84 bits per heavy atom. The Morgan fingerprint density at radius 1 is 1.16 bits per heavy atom. The van der Waals surface area contributed by atoms with E-state index < -0.39 is 17.7 Å². The van der Waals surface area contributed by atoms with Gasteiger partial charge in [0.15, 0.2) is 0 Å². The second kappa shape index (κ2) is 10.2. The summed E-state index contributed by atoms with van der Waals surface area (Å²) < 4.78 is 10.6. The predicted molar refractivity (Wildman–Crippen MR) is 124 cm³/mol. The molecule has 2 aromatic carbocycles. The van der Waals surface area contributed by atoms with Crippen molar-refractivity contribution in [3.8, 4) is 5.75 Å². The Hall–Kier alpha value is -2.83. The van der Waals surface area contributed by atoms with Crippen LogP contribution in [-0.2, 0) is 14.3 Å². The first-order chi connectivity index (χ1) is 15.3. The zero-order chi connectivity index (χ0) is 23.4. The Balaban J connectivity index is 2.12. The molecule has 0 spiro atoms. The van der Waals surface area contributed by atoms with Crippen LogP contribution in [0.3, 0.4) is 0 Å². The number of hydrogen-bond acceptors (Lipinski definition) is 5. The number of methoxy groups -OCH3 is 1. The van der Waals surface area contributed by atoms with E-state index in [1.807, 2.05) is 31.2 Å². The molecule has 170 valence electrons. The summed E-state index contributed by atoms with van der Waals surface area (Å²) in [6, 6.07) is 11.8. The molecule has 7 heteroatoms. The van der Waals surface area contributed by atoms with Crippen LogP contribution in [0.4, 0.5) is 0 Å². The Bertz CT molecular complexity index is 1030. The summed E-state index contributed by atoms with van der Waals surface area (Å²) in [6.45, 7) is 6.96. The molecule has 1 N–H and O–H groups in total. The maximum absolute atomic E-state index is 13.0. The van der Waals surface area contributed by atoms with E-state index >= 15 is 0 Å². The van der Waals surface area contributed by atoms with Gasteiger partial charge in [-0.1, -0.05) is 49.7 Å². The average Bonchev–Trinajstić information content (AvgIpc) is 3.03. The number of Topliss-reactive ketones (excluding diaryl/α,β-unsaturated/α-hetero) is 1. The van der Waals surface area contributed by atoms with Crippen molar-refractivity contribution in [3.05, 3.63) is 69.8 Å². The van der Waals surface area contributed by atoms with Gasteiger partial charge in [0.25, 0.3) is 11.7 Å². The van der Waals surface area contributed by atoms with E-state index in [1.54, 1.807) is 12.1 Å². The van der Waals surface area contributed by atoms with Gasteiger partial charge in [-0.05, 0) is 42.2 Å². The fourth-order valence-electron chi connectivity index (χ4n) is 3.79. The van der Waals surface area contributed by atoms with Crippen LogP contribution >= 0.6 is 11.6 Å². The largest absolute Gasteiger partial charge is 0.507 e. The van der Waals surface area contributed by atoms with Crippen LogP contribution in [0.1, 0.15) is 49.4 Å². The second-order valence-electron chi connectivity index (χ2n) is 7.88. The molecule has 1 saturated heterocycles. The topological polar surface area (TPSA) is 76.1 Å². The van der Waals surface area contributed by atoms with Crippen LogP contribution in [0, 0.1) is 0 Å². The minimum absolute atomic E-state index is 0.0311. The number of aliphatic hydroxyl groups is 1. The molecule has 2 aromatic rings.